The van der Waals surface area contributed by atoms with Crippen LogP contribution < -0.4 is 11.5 Å². The van der Waals surface area contributed by atoms with Crippen LogP contribution in [0, 0.1) is 20.0 Å². The van der Waals surface area contributed by atoms with Crippen molar-refractivity contribution in [3.05, 3.63) is 20.0 Å². The molecule has 0 aliphatic carbocycles. The third kappa shape index (κ3) is 45.6. The molecule has 0 spiro atoms. The van der Waals surface area contributed by atoms with Crippen LogP contribution in [0.25, 0.3) is 0 Å². The zero-order valence-electron chi connectivity index (χ0n) is 10.4. The molecule has 0 amide bonds. The first-order valence-corrected chi connectivity index (χ1v) is 4.16. The van der Waals surface area contributed by atoms with Crippen molar-refractivity contribution >= 4 is 11.9 Å². The number of carboxylic acids is 2. The van der Waals surface area contributed by atoms with Crippen LogP contribution >= 0.6 is 0 Å². The van der Waals surface area contributed by atoms with Crippen LogP contribution in [0.1, 0.15) is 0 Å². The largest absolute Gasteiger partial charge is 0 e. The molecule has 0 aromatic carbocycles. The molecular weight excluding hydrogens is 466 g/mol. The maximum absolute atomic E-state index is 9.65. The fourth-order valence-corrected chi connectivity index (χ4v) is 0.156. The molecule has 0 rings (SSSR count). The molecule has 1 radical (unpaired) electrons. The molecule has 0 aliphatic heterocycles. The summed E-state index contributed by atoms with van der Waals surface area (Å²) in [6.45, 7) is 12.5. The van der Waals surface area contributed by atoms with Crippen LogP contribution in [-0.2, 0) is 44.0 Å². The Balaban J connectivity index is -0.0000000381. The van der Waals surface area contributed by atoms with Crippen LogP contribution in [-0.4, -0.2) is 57.7 Å². The van der Waals surface area contributed by atoms with E-state index >= 15 is 0 Å². The number of aliphatic hydroxyl groups excluding tert-OH is 2. The van der Waals surface area contributed by atoms with E-state index in [2.05, 4.69) is 20.0 Å². The second-order valence-corrected chi connectivity index (χ2v) is 2.25. The van der Waals surface area contributed by atoms with Gasteiger partial charge >= 0.3 is 45.8 Å². The van der Waals surface area contributed by atoms with Gasteiger partial charge in [0.2, 0.25) is 0 Å². The van der Waals surface area contributed by atoms with E-state index in [0.29, 0.717) is 0 Å². The monoisotopic (exact) mass is 481 g/mol. The summed E-state index contributed by atoms with van der Waals surface area (Å²) in [5.74, 6) is -2.36. The van der Waals surface area contributed by atoms with Gasteiger partial charge in [-0.2, -0.15) is 0 Å². The Bertz CT molecular complexity index is 258. The Morgan fingerprint density at radius 1 is 0.810 bits per heavy atom. The molecule has 0 heterocycles. The van der Waals surface area contributed by atoms with Crippen molar-refractivity contribution in [2.24, 2.45) is 11.5 Å². The summed E-state index contributed by atoms with van der Waals surface area (Å²) >= 11 is 0. The minimum Gasteiger partial charge on any atom is 0 e. The molecular formula is C9H14N2O9Re. The number of aliphatic hydroxyl groups is 2. The van der Waals surface area contributed by atoms with Crippen LogP contribution in [0.15, 0.2) is 0 Å². The van der Waals surface area contributed by atoms with E-state index in [-0.39, 0.29) is 20.4 Å². The van der Waals surface area contributed by atoms with Crippen molar-refractivity contribution in [3.63, 3.8) is 0 Å². The first-order chi connectivity index (χ1) is 9.36. The number of carboxylic acid groups (broad SMARTS) is 2. The Kier molecular flexibility index (Phi) is 63.4. The molecule has 12 heteroatoms. The molecule has 11 nitrogen and oxygen atoms in total. The summed E-state index contributed by atoms with van der Waals surface area (Å²) in [6, 6.07) is -2.25. The Hall–Kier alpha value is -1.34. The molecule has 0 fully saturated rings. The van der Waals surface area contributed by atoms with E-state index in [4.69, 9.17) is 45.8 Å². The van der Waals surface area contributed by atoms with E-state index in [1.54, 1.807) is 0 Å². The van der Waals surface area contributed by atoms with E-state index in [9.17, 15) is 9.59 Å². The summed E-state index contributed by atoms with van der Waals surface area (Å²) in [6.07, 6.45) is 0. The number of rotatable bonds is 4. The van der Waals surface area contributed by atoms with Gasteiger partial charge < -0.3 is 31.9 Å². The van der Waals surface area contributed by atoms with Gasteiger partial charge in [-0.15, -0.1) is 0 Å². The van der Waals surface area contributed by atoms with Gasteiger partial charge in [-0.05, 0) is 0 Å². The fourth-order valence-electron chi connectivity index (χ4n) is 0.156. The van der Waals surface area contributed by atoms with E-state index < -0.39 is 37.2 Å². The van der Waals surface area contributed by atoms with Crippen molar-refractivity contribution in [1.82, 2.24) is 0 Å². The van der Waals surface area contributed by atoms with Gasteiger partial charge in [-0.3, -0.25) is 9.59 Å². The summed E-state index contributed by atoms with van der Waals surface area (Å²) < 4.78 is 22.5. The van der Waals surface area contributed by atoms with Crippen molar-refractivity contribution in [2.75, 3.05) is 13.2 Å². The molecule has 0 aromatic rings. The Labute approximate surface area is 133 Å². The van der Waals surface area contributed by atoms with Crippen LogP contribution in [0.5, 0.6) is 0 Å². The number of carbonyl (C=O) groups is 2. The van der Waals surface area contributed by atoms with Gasteiger partial charge in [0.25, 0.3) is 0 Å². The Morgan fingerprint density at radius 3 is 0.952 bits per heavy atom. The molecule has 0 aromatic heterocycles. The smallest absolute Gasteiger partial charge is 0 e. The van der Waals surface area contributed by atoms with E-state index in [1.165, 1.54) is 0 Å². The zero-order valence-corrected chi connectivity index (χ0v) is 13.1. The molecule has 8 N–H and O–H groups in total. The molecule has 0 saturated carbocycles. The van der Waals surface area contributed by atoms with Gasteiger partial charge in [0, 0.05) is 20.4 Å². The standard InChI is InChI=1S/2C3H7NO3.3CO.Re/c2*4-2(1-5)3(6)7;3*1-2;/h2*2,5H,1,4H2,(H,6,7);;;;/t2*2-;;;;/m00..../s1. The first-order valence-electron chi connectivity index (χ1n) is 4.16. The first kappa shape index (κ1) is 36.7. The molecule has 0 bridgehead atoms. The normalized spacial score (nSPS) is 9.24. The number of hydrogen-bond donors (Lipinski definition) is 6. The quantitative estimate of drug-likeness (QED) is 0.176. The summed E-state index contributed by atoms with van der Waals surface area (Å²) in [5.41, 5.74) is 9.53. The molecule has 2 atom stereocenters. The molecule has 0 unspecified atom stereocenters. The maximum Gasteiger partial charge on any atom is 0 e. The third-order valence-corrected chi connectivity index (χ3v) is 1.03. The van der Waals surface area contributed by atoms with Crippen molar-refractivity contribution < 1.29 is 64.4 Å². The summed E-state index contributed by atoms with van der Waals surface area (Å²) in [5, 5.41) is 31.8. The second-order valence-electron chi connectivity index (χ2n) is 2.25. The van der Waals surface area contributed by atoms with Crippen molar-refractivity contribution in [2.45, 2.75) is 12.1 Å². The SMILES string of the molecule is N[C@@H](CO)C(=O)O.N[C@@H](CO)C(=O)O.[C-]#[O+].[C-]#[O+].[C-]#[O+].[Re]. The van der Waals surface area contributed by atoms with Crippen LogP contribution in [0.2, 0.25) is 0 Å². The number of hydrogen-bond acceptors (Lipinski definition) is 6. The molecule has 121 valence electrons. The van der Waals surface area contributed by atoms with Crippen LogP contribution in [0.3, 0.4) is 0 Å². The maximum atomic E-state index is 9.65. The molecule has 0 saturated heterocycles. The number of nitrogens with two attached hydrogens (primary N) is 2. The molecule has 21 heavy (non-hydrogen) atoms. The predicted molar refractivity (Wildman–Crippen MR) is 57.2 cm³/mol. The van der Waals surface area contributed by atoms with Crippen molar-refractivity contribution in [1.29, 1.82) is 0 Å². The van der Waals surface area contributed by atoms with E-state index in [0.717, 1.165) is 0 Å². The van der Waals surface area contributed by atoms with Gasteiger partial charge in [-0.25, -0.2) is 0 Å². The van der Waals surface area contributed by atoms with Gasteiger partial charge in [0.05, 0.1) is 13.2 Å². The number of aliphatic carboxylic acids is 2. The van der Waals surface area contributed by atoms with Gasteiger partial charge in [0.1, 0.15) is 12.1 Å². The predicted octanol–water partition coefficient (Wildman–Crippen LogP) is -3.33. The topological polar surface area (TPSA) is 227 Å². The Morgan fingerprint density at radius 2 is 0.952 bits per heavy atom. The van der Waals surface area contributed by atoms with Crippen LogP contribution in [0.4, 0.5) is 0 Å². The summed E-state index contributed by atoms with van der Waals surface area (Å²) in [4.78, 5) is 19.3. The average molecular weight is 480 g/mol. The zero-order chi connectivity index (χ0) is 17.7. The average Bonchev–Trinajstić information content (AvgIpc) is 2.51. The minimum atomic E-state index is -1.18. The minimum absolute atomic E-state index is 0. The fraction of sp³-hybridized carbons (Fsp3) is 0.444. The molecule has 0 aliphatic rings. The van der Waals surface area contributed by atoms with Crippen molar-refractivity contribution in [3.8, 4) is 0 Å². The van der Waals surface area contributed by atoms with Gasteiger partial charge in [-0.1, -0.05) is 0 Å². The van der Waals surface area contributed by atoms with Gasteiger partial charge in [0.15, 0.2) is 0 Å². The summed E-state index contributed by atoms with van der Waals surface area (Å²) in [7, 11) is 0. The van der Waals surface area contributed by atoms with E-state index in [1.807, 2.05) is 0 Å². The third-order valence-electron chi connectivity index (χ3n) is 1.03. The second kappa shape index (κ2) is 36.3.